The first-order chi connectivity index (χ1) is 5.46. The van der Waals surface area contributed by atoms with Crippen molar-refractivity contribution < 1.29 is 12.9 Å². The van der Waals surface area contributed by atoms with Crippen LogP contribution in [0.5, 0.6) is 0 Å². The van der Waals surface area contributed by atoms with Gasteiger partial charge in [0.1, 0.15) is 0 Å². The predicted molar refractivity (Wildman–Crippen MR) is 43.3 cm³/mol. The van der Waals surface area contributed by atoms with Gasteiger partial charge >= 0.3 is 0 Å². The molecule has 1 heterocycles. The lowest BCUT2D eigenvalue weighted by Crippen LogP contribution is -1.98. The van der Waals surface area contributed by atoms with Crippen molar-refractivity contribution in [2.75, 3.05) is 5.73 Å². The predicted octanol–water partition coefficient (Wildman–Crippen LogP) is 0.747. The largest absolute Gasteiger partial charge is 0.380 e. The molecule has 0 spiro atoms. The van der Waals surface area contributed by atoms with E-state index < -0.39 is 9.05 Å². The molecule has 0 saturated carbocycles. The smallest absolute Gasteiger partial charge is 0.268 e. The lowest BCUT2D eigenvalue weighted by molar-refractivity contribution is 0.385. The van der Waals surface area contributed by atoms with Gasteiger partial charge in [-0.05, 0) is 0 Å². The number of aromatic nitrogens is 1. The number of halogens is 1. The maximum atomic E-state index is 10.9. The molecule has 0 radical (unpaired) electrons. The lowest BCUT2D eigenvalue weighted by atomic mass is 10.3. The summed E-state index contributed by atoms with van der Waals surface area (Å²) in [4.78, 5) is -0.216. The van der Waals surface area contributed by atoms with Crippen LogP contribution in [0.4, 0.5) is 5.82 Å². The van der Waals surface area contributed by atoms with Gasteiger partial charge in [0.25, 0.3) is 9.05 Å². The SMILES string of the molecule is CCc1onc(N)c1S(=O)(=O)Cl. The van der Waals surface area contributed by atoms with Crippen molar-refractivity contribution in [2.45, 2.75) is 18.2 Å². The Bertz CT molecular complexity index is 383. The third kappa shape index (κ3) is 1.54. The van der Waals surface area contributed by atoms with Gasteiger partial charge in [0.2, 0.25) is 0 Å². The first-order valence-electron chi connectivity index (χ1n) is 3.15. The summed E-state index contributed by atoms with van der Waals surface area (Å²) in [6, 6.07) is 0. The number of nitrogens with zero attached hydrogens (tertiary/aromatic N) is 1. The van der Waals surface area contributed by atoms with Gasteiger partial charge in [-0.1, -0.05) is 12.1 Å². The Balaban J connectivity index is 3.39. The summed E-state index contributed by atoms with van der Waals surface area (Å²) in [7, 11) is 1.24. The van der Waals surface area contributed by atoms with Crippen molar-refractivity contribution in [1.82, 2.24) is 5.16 Å². The van der Waals surface area contributed by atoms with Crippen LogP contribution in [0.1, 0.15) is 12.7 Å². The minimum atomic E-state index is -3.84. The zero-order valence-corrected chi connectivity index (χ0v) is 7.82. The van der Waals surface area contributed by atoms with E-state index in [0.717, 1.165) is 0 Å². The summed E-state index contributed by atoms with van der Waals surface area (Å²) in [6.07, 6.45) is 0.380. The monoisotopic (exact) mass is 210 g/mol. The summed E-state index contributed by atoms with van der Waals surface area (Å²) in [6.45, 7) is 1.71. The highest BCUT2D eigenvalue weighted by molar-refractivity contribution is 8.13. The number of nitrogen functional groups attached to an aromatic ring is 1. The van der Waals surface area contributed by atoms with Crippen molar-refractivity contribution in [3.8, 4) is 0 Å². The van der Waals surface area contributed by atoms with Crippen LogP contribution < -0.4 is 5.73 Å². The summed E-state index contributed by atoms with van der Waals surface area (Å²) in [5.74, 6) is -0.00986. The van der Waals surface area contributed by atoms with E-state index in [-0.39, 0.29) is 16.5 Å². The fraction of sp³-hybridized carbons (Fsp3) is 0.400. The second-order valence-electron chi connectivity index (χ2n) is 2.11. The molecule has 0 aliphatic rings. The van der Waals surface area contributed by atoms with Crippen molar-refractivity contribution in [1.29, 1.82) is 0 Å². The van der Waals surface area contributed by atoms with Gasteiger partial charge in [-0.3, -0.25) is 0 Å². The summed E-state index contributed by atoms with van der Waals surface area (Å²) in [5, 5.41) is 3.29. The van der Waals surface area contributed by atoms with Gasteiger partial charge in [0, 0.05) is 17.1 Å². The van der Waals surface area contributed by atoms with Crippen LogP contribution in [-0.4, -0.2) is 13.6 Å². The Morgan fingerprint density at radius 2 is 2.25 bits per heavy atom. The normalized spacial score (nSPS) is 11.8. The van der Waals surface area contributed by atoms with Gasteiger partial charge in [0.15, 0.2) is 16.5 Å². The Morgan fingerprint density at radius 3 is 2.58 bits per heavy atom. The molecule has 2 N–H and O–H groups in total. The molecular formula is C5H7ClN2O3S. The molecule has 5 nitrogen and oxygen atoms in total. The van der Waals surface area contributed by atoms with Crippen molar-refractivity contribution in [2.24, 2.45) is 0 Å². The molecule has 1 rings (SSSR count). The van der Waals surface area contributed by atoms with E-state index in [1.807, 2.05) is 0 Å². The highest BCUT2D eigenvalue weighted by Gasteiger charge is 2.23. The van der Waals surface area contributed by atoms with Crippen LogP contribution in [0.3, 0.4) is 0 Å². The average molecular weight is 211 g/mol. The molecule has 0 amide bonds. The molecule has 0 aliphatic carbocycles. The molecule has 12 heavy (non-hydrogen) atoms. The maximum Gasteiger partial charge on any atom is 0.268 e. The third-order valence-corrected chi connectivity index (χ3v) is 2.69. The fourth-order valence-electron chi connectivity index (χ4n) is 0.816. The number of aryl methyl sites for hydroxylation is 1. The third-order valence-electron chi connectivity index (χ3n) is 1.31. The Morgan fingerprint density at radius 1 is 1.67 bits per heavy atom. The molecule has 1 aromatic heterocycles. The van der Waals surface area contributed by atoms with E-state index >= 15 is 0 Å². The second kappa shape index (κ2) is 2.95. The highest BCUT2D eigenvalue weighted by atomic mass is 35.7. The van der Waals surface area contributed by atoms with E-state index in [1.165, 1.54) is 0 Å². The number of nitrogens with two attached hydrogens (primary N) is 1. The van der Waals surface area contributed by atoms with E-state index in [4.69, 9.17) is 16.4 Å². The molecule has 1 aromatic rings. The van der Waals surface area contributed by atoms with Crippen LogP contribution in [0.2, 0.25) is 0 Å². The molecule has 0 aromatic carbocycles. The first kappa shape index (κ1) is 9.34. The van der Waals surface area contributed by atoms with Crippen LogP contribution >= 0.6 is 10.7 Å². The van der Waals surface area contributed by atoms with Gasteiger partial charge in [-0.2, -0.15) is 0 Å². The minimum absolute atomic E-state index is 0.183. The molecular weight excluding hydrogens is 204 g/mol. The summed E-state index contributed by atoms with van der Waals surface area (Å²) in [5.41, 5.74) is 5.23. The molecule has 0 atom stereocenters. The number of rotatable bonds is 2. The fourth-order valence-corrected chi connectivity index (χ4v) is 2.05. The minimum Gasteiger partial charge on any atom is -0.380 e. The first-order valence-corrected chi connectivity index (χ1v) is 5.46. The quantitative estimate of drug-likeness (QED) is 0.728. The Kier molecular flexibility index (Phi) is 2.29. The molecule has 0 unspecified atom stereocenters. The topological polar surface area (TPSA) is 86.2 Å². The van der Waals surface area contributed by atoms with E-state index in [1.54, 1.807) is 6.92 Å². The van der Waals surface area contributed by atoms with Gasteiger partial charge in [-0.25, -0.2) is 8.42 Å². The zero-order chi connectivity index (χ0) is 9.35. The van der Waals surface area contributed by atoms with E-state index in [0.29, 0.717) is 6.42 Å². The number of hydrogen-bond acceptors (Lipinski definition) is 5. The van der Waals surface area contributed by atoms with Crippen LogP contribution in [0.15, 0.2) is 9.42 Å². The average Bonchev–Trinajstić information content (AvgIpc) is 2.29. The van der Waals surface area contributed by atoms with Crippen LogP contribution in [-0.2, 0) is 15.5 Å². The standard InChI is InChI=1S/C5H7ClN2O3S/c1-2-3-4(12(6,9)10)5(7)8-11-3/h2H2,1H3,(H2,7,8). The maximum absolute atomic E-state index is 10.9. The Hall–Kier alpha value is -0.750. The molecule has 68 valence electrons. The highest BCUT2D eigenvalue weighted by Crippen LogP contribution is 2.25. The molecule has 0 aliphatic heterocycles. The summed E-state index contributed by atoms with van der Waals surface area (Å²) >= 11 is 0. The van der Waals surface area contributed by atoms with Gasteiger partial charge in [0.05, 0.1) is 0 Å². The van der Waals surface area contributed by atoms with Crippen LogP contribution in [0.25, 0.3) is 0 Å². The number of hydrogen-bond donors (Lipinski definition) is 1. The Labute approximate surface area is 73.9 Å². The lowest BCUT2D eigenvalue weighted by Gasteiger charge is -1.92. The molecule has 0 bridgehead atoms. The second-order valence-corrected chi connectivity index (χ2v) is 4.61. The van der Waals surface area contributed by atoms with Crippen LogP contribution in [0, 0.1) is 0 Å². The molecule has 7 heteroatoms. The molecule has 0 saturated heterocycles. The van der Waals surface area contributed by atoms with Gasteiger partial charge in [-0.15, -0.1) is 0 Å². The van der Waals surface area contributed by atoms with Crippen molar-refractivity contribution >= 4 is 25.6 Å². The van der Waals surface area contributed by atoms with Crippen molar-refractivity contribution in [3.05, 3.63) is 5.76 Å². The van der Waals surface area contributed by atoms with E-state index in [2.05, 4.69) is 9.68 Å². The summed E-state index contributed by atoms with van der Waals surface area (Å²) < 4.78 is 26.4. The van der Waals surface area contributed by atoms with Gasteiger partial charge < -0.3 is 10.3 Å². The molecule has 0 fully saturated rings. The zero-order valence-electron chi connectivity index (χ0n) is 6.24. The van der Waals surface area contributed by atoms with E-state index in [9.17, 15) is 8.42 Å². The number of anilines is 1. The van der Waals surface area contributed by atoms with Crippen molar-refractivity contribution in [3.63, 3.8) is 0 Å².